The summed E-state index contributed by atoms with van der Waals surface area (Å²) in [5.41, 5.74) is 1.26. The first-order valence-corrected chi connectivity index (χ1v) is 9.02. The number of aromatic amines is 1. The summed E-state index contributed by atoms with van der Waals surface area (Å²) in [6.07, 6.45) is 10.0. The Morgan fingerprint density at radius 2 is 2.24 bits per heavy atom. The number of rotatable bonds is 4. The highest BCUT2D eigenvalue weighted by molar-refractivity contribution is 5.77. The molecule has 2 aromatic heterocycles. The lowest BCUT2D eigenvalue weighted by Gasteiger charge is -2.48. The number of hydrogen-bond acceptors (Lipinski definition) is 5. The van der Waals surface area contributed by atoms with Crippen LogP contribution in [0.1, 0.15) is 31.4 Å². The molecule has 0 aliphatic carbocycles. The summed E-state index contributed by atoms with van der Waals surface area (Å²) in [4.78, 5) is 23.9. The summed E-state index contributed by atoms with van der Waals surface area (Å²) in [6, 6.07) is 3.96. The third-order valence-electron chi connectivity index (χ3n) is 5.50. The quantitative estimate of drug-likeness (QED) is 0.916. The monoisotopic (exact) mass is 340 g/mol. The predicted octanol–water partition coefficient (Wildman–Crippen LogP) is 1.65. The zero-order chi connectivity index (χ0) is 17.1. The average molecular weight is 340 g/mol. The van der Waals surface area contributed by atoms with Crippen molar-refractivity contribution < 1.29 is 4.79 Å². The maximum absolute atomic E-state index is 12.4. The van der Waals surface area contributed by atoms with Gasteiger partial charge in [0.05, 0.1) is 6.33 Å². The molecule has 0 saturated carbocycles. The van der Waals surface area contributed by atoms with Crippen molar-refractivity contribution in [2.24, 2.45) is 5.41 Å². The number of aromatic nitrogens is 4. The van der Waals surface area contributed by atoms with Crippen LogP contribution < -0.4 is 4.90 Å². The molecule has 1 N–H and O–H groups in total. The summed E-state index contributed by atoms with van der Waals surface area (Å²) in [5.74, 6) is 1.23. The minimum absolute atomic E-state index is 0.178. The second-order valence-corrected chi connectivity index (χ2v) is 7.25. The molecule has 1 spiro atoms. The predicted molar refractivity (Wildman–Crippen MR) is 94.0 cm³/mol. The zero-order valence-electron chi connectivity index (χ0n) is 14.4. The molecule has 0 bridgehead atoms. The van der Waals surface area contributed by atoms with Gasteiger partial charge in [-0.2, -0.15) is 5.10 Å². The SMILES string of the molecule is O=C1CCC2(CCCN(c3cccnn3)C2)CN1CCc1cnc[nH]1. The Hall–Kier alpha value is -2.44. The maximum atomic E-state index is 12.4. The van der Waals surface area contributed by atoms with E-state index in [-0.39, 0.29) is 11.3 Å². The first-order chi connectivity index (χ1) is 12.2. The van der Waals surface area contributed by atoms with Crippen LogP contribution in [0.15, 0.2) is 30.9 Å². The van der Waals surface area contributed by atoms with Crippen LogP contribution in [0.2, 0.25) is 0 Å². The number of likely N-dealkylation sites (tertiary alicyclic amines) is 1. The molecule has 2 saturated heterocycles. The Morgan fingerprint density at radius 1 is 1.28 bits per heavy atom. The van der Waals surface area contributed by atoms with Gasteiger partial charge in [-0.15, -0.1) is 5.10 Å². The van der Waals surface area contributed by atoms with Gasteiger partial charge in [0.25, 0.3) is 0 Å². The van der Waals surface area contributed by atoms with Crippen LogP contribution in [0.25, 0.3) is 0 Å². The van der Waals surface area contributed by atoms with Gasteiger partial charge in [0, 0.05) is 62.5 Å². The highest BCUT2D eigenvalue weighted by atomic mass is 16.2. The van der Waals surface area contributed by atoms with Crippen molar-refractivity contribution >= 4 is 11.7 Å². The van der Waals surface area contributed by atoms with Gasteiger partial charge >= 0.3 is 0 Å². The van der Waals surface area contributed by atoms with Crippen LogP contribution in [0.3, 0.4) is 0 Å². The third-order valence-corrected chi connectivity index (χ3v) is 5.50. The molecule has 7 heteroatoms. The number of amides is 1. The molecule has 4 heterocycles. The fourth-order valence-corrected chi connectivity index (χ4v) is 4.18. The molecule has 2 aliphatic heterocycles. The minimum Gasteiger partial charge on any atom is -0.355 e. The number of anilines is 1. The second kappa shape index (κ2) is 6.82. The summed E-state index contributed by atoms with van der Waals surface area (Å²) in [6.45, 7) is 3.58. The zero-order valence-corrected chi connectivity index (χ0v) is 14.4. The Bertz CT molecular complexity index is 704. The molecule has 0 radical (unpaired) electrons. The number of piperidine rings is 2. The lowest BCUT2D eigenvalue weighted by molar-refractivity contribution is -0.137. The fraction of sp³-hybridized carbons (Fsp3) is 0.556. The number of nitrogens with zero attached hydrogens (tertiary/aromatic N) is 5. The average Bonchev–Trinajstić information content (AvgIpc) is 3.17. The molecule has 2 aliphatic rings. The van der Waals surface area contributed by atoms with E-state index in [4.69, 9.17) is 0 Å². The lowest BCUT2D eigenvalue weighted by atomic mass is 9.73. The van der Waals surface area contributed by atoms with Crippen LogP contribution in [-0.4, -0.2) is 57.2 Å². The summed E-state index contributed by atoms with van der Waals surface area (Å²) in [5, 5.41) is 8.28. The number of carbonyl (C=O) groups is 1. The number of H-pyrrole nitrogens is 1. The van der Waals surface area contributed by atoms with Crippen molar-refractivity contribution in [1.29, 1.82) is 0 Å². The number of carbonyl (C=O) groups excluding carboxylic acids is 1. The van der Waals surface area contributed by atoms with E-state index in [1.54, 1.807) is 12.5 Å². The summed E-state index contributed by atoms with van der Waals surface area (Å²) < 4.78 is 0. The van der Waals surface area contributed by atoms with Gasteiger partial charge in [-0.1, -0.05) is 0 Å². The Balaban J connectivity index is 1.44. The molecule has 7 nitrogen and oxygen atoms in total. The molecule has 1 unspecified atom stereocenters. The first kappa shape index (κ1) is 16.1. The smallest absolute Gasteiger partial charge is 0.222 e. The van der Waals surface area contributed by atoms with Crippen molar-refractivity contribution in [1.82, 2.24) is 25.1 Å². The molecule has 1 amide bonds. The van der Waals surface area contributed by atoms with Crippen LogP contribution in [0.4, 0.5) is 5.82 Å². The molecule has 132 valence electrons. The highest BCUT2D eigenvalue weighted by Gasteiger charge is 2.41. The Morgan fingerprint density at radius 3 is 3.04 bits per heavy atom. The van der Waals surface area contributed by atoms with Crippen LogP contribution in [0, 0.1) is 5.41 Å². The number of nitrogens with one attached hydrogen (secondary N) is 1. The summed E-state index contributed by atoms with van der Waals surface area (Å²) in [7, 11) is 0. The van der Waals surface area contributed by atoms with E-state index in [0.717, 1.165) is 57.0 Å². The molecule has 25 heavy (non-hydrogen) atoms. The van der Waals surface area contributed by atoms with Gasteiger partial charge < -0.3 is 14.8 Å². The van der Waals surface area contributed by atoms with Gasteiger partial charge in [0.1, 0.15) is 0 Å². The van der Waals surface area contributed by atoms with Crippen molar-refractivity contribution in [2.45, 2.75) is 32.1 Å². The molecular weight excluding hydrogens is 316 g/mol. The van der Waals surface area contributed by atoms with Crippen molar-refractivity contribution in [3.63, 3.8) is 0 Å². The van der Waals surface area contributed by atoms with Gasteiger partial charge in [-0.25, -0.2) is 4.98 Å². The largest absolute Gasteiger partial charge is 0.355 e. The summed E-state index contributed by atoms with van der Waals surface area (Å²) >= 11 is 0. The maximum Gasteiger partial charge on any atom is 0.222 e. The number of hydrogen-bond donors (Lipinski definition) is 1. The first-order valence-electron chi connectivity index (χ1n) is 9.02. The van der Waals surface area contributed by atoms with Gasteiger partial charge in [-0.05, 0) is 31.4 Å². The minimum atomic E-state index is 0.178. The molecular formula is C18H24N6O. The Kier molecular flexibility index (Phi) is 4.38. The third kappa shape index (κ3) is 3.50. The molecule has 0 aromatic carbocycles. The molecule has 2 fully saturated rings. The number of imidazole rings is 1. The van der Waals surface area contributed by atoms with Crippen LogP contribution in [-0.2, 0) is 11.2 Å². The van der Waals surface area contributed by atoms with E-state index < -0.39 is 0 Å². The van der Waals surface area contributed by atoms with Crippen LogP contribution >= 0.6 is 0 Å². The molecule has 4 rings (SSSR count). The highest BCUT2D eigenvalue weighted by Crippen LogP contribution is 2.39. The molecule has 2 aromatic rings. The van der Waals surface area contributed by atoms with Crippen molar-refractivity contribution in [3.05, 3.63) is 36.5 Å². The van der Waals surface area contributed by atoms with Gasteiger partial charge in [-0.3, -0.25) is 4.79 Å². The van der Waals surface area contributed by atoms with Gasteiger partial charge in [0.15, 0.2) is 5.82 Å². The Labute approximate surface area is 147 Å². The van der Waals surface area contributed by atoms with E-state index in [1.165, 1.54) is 6.42 Å². The molecule has 1 atom stereocenters. The van der Waals surface area contributed by atoms with Crippen molar-refractivity contribution in [2.75, 3.05) is 31.1 Å². The standard InChI is InChI=1S/C18H24N6O/c25-17-4-7-18(13-24(17)10-5-15-11-19-14-20-15)6-2-9-23(12-18)16-3-1-8-21-22-16/h1,3,8,11,14H,2,4-7,9-10,12-13H2,(H,19,20). The van der Waals surface area contributed by atoms with E-state index in [2.05, 4.69) is 25.1 Å². The van der Waals surface area contributed by atoms with E-state index in [0.29, 0.717) is 6.42 Å². The van der Waals surface area contributed by atoms with Crippen molar-refractivity contribution in [3.8, 4) is 0 Å². The van der Waals surface area contributed by atoms with E-state index in [9.17, 15) is 4.79 Å². The second-order valence-electron chi connectivity index (χ2n) is 7.25. The lowest BCUT2D eigenvalue weighted by Crippen LogP contribution is -2.54. The van der Waals surface area contributed by atoms with E-state index >= 15 is 0 Å². The van der Waals surface area contributed by atoms with E-state index in [1.807, 2.05) is 23.2 Å². The fourth-order valence-electron chi connectivity index (χ4n) is 4.18. The normalized spacial score (nSPS) is 24.1. The van der Waals surface area contributed by atoms with Gasteiger partial charge in [0.2, 0.25) is 5.91 Å². The van der Waals surface area contributed by atoms with Crippen LogP contribution in [0.5, 0.6) is 0 Å². The topological polar surface area (TPSA) is 78.0 Å².